The van der Waals surface area contributed by atoms with Crippen LogP contribution in [0.15, 0.2) is 61.6 Å². The summed E-state index contributed by atoms with van der Waals surface area (Å²) in [5, 5.41) is 5.24. The largest absolute Gasteiger partial charge is 0.453 e. The Morgan fingerprint density at radius 1 is 1.17 bits per heavy atom. The average Bonchev–Trinajstić information content (AvgIpc) is 3.12. The Hall–Kier alpha value is -4.11. The molecule has 4 aromatic rings. The number of pyridine rings is 2. The minimum absolute atomic E-state index is 0.0262. The van der Waals surface area contributed by atoms with Gasteiger partial charge < -0.3 is 15.0 Å². The van der Waals surface area contributed by atoms with Crippen molar-refractivity contribution in [1.82, 2.24) is 25.3 Å². The second-order valence-electron chi connectivity index (χ2n) is 9.05. The number of anilines is 1. The van der Waals surface area contributed by atoms with E-state index in [1.165, 1.54) is 13.4 Å². The van der Waals surface area contributed by atoms with Crippen LogP contribution >= 0.6 is 11.6 Å². The van der Waals surface area contributed by atoms with Crippen LogP contribution in [0.5, 0.6) is 0 Å². The lowest BCUT2D eigenvalue weighted by Crippen LogP contribution is -2.57. The third-order valence-electron chi connectivity index (χ3n) is 7.05. The van der Waals surface area contributed by atoms with E-state index in [1.807, 2.05) is 24.3 Å². The number of carbonyl (C=O) groups is 2. The lowest BCUT2D eigenvalue weighted by atomic mass is 9.62. The van der Waals surface area contributed by atoms with Gasteiger partial charge in [0.05, 0.1) is 36.6 Å². The third kappa shape index (κ3) is 3.46. The van der Waals surface area contributed by atoms with Gasteiger partial charge in [-0.3, -0.25) is 14.8 Å². The van der Waals surface area contributed by atoms with Crippen LogP contribution in [-0.4, -0.2) is 45.1 Å². The first-order chi connectivity index (χ1) is 17.5. The SMILES string of the molecule is COC(=O)NC1CC2(C1)C(=O)N(Cc1ncc3cc(Cl)ccc3c1-c1cncnc1)c1cnccc12. The van der Waals surface area contributed by atoms with Gasteiger partial charge in [0.15, 0.2) is 0 Å². The molecule has 9 nitrogen and oxygen atoms in total. The minimum atomic E-state index is -0.704. The molecule has 2 aliphatic rings. The maximum absolute atomic E-state index is 13.9. The summed E-state index contributed by atoms with van der Waals surface area (Å²) < 4.78 is 4.72. The van der Waals surface area contributed by atoms with E-state index in [2.05, 4.69) is 20.3 Å². The number of aromatic nitrogens is 4. The number of amides is 2. The smallest absolute Gasteiger partial charge is 0.407 e. The van der Waals surface area contributed by atoms with E-state index >= 15 is 0 Å². The van der Waals surface area contributed by atoms with E-state index in [-0.39, 0.29) is 18.5 Å². The summed E-state index contributed by atoms with van der Waals surface area (Å²) in [4.78, 5) is 44.8. The molecule has 2 amide bonds. The number of ether oxygens (including phenoxy) is 1. The molecule has 4 heterocycles. The van der Waals surface area contributed by atoms with Crippen LogP contribution in [0.2, 0.25) is 5.02 Å². The van der Waals surface area contributed by atoms with Crippen molar-refractivity contribution in [1.29, 1.82) is 0 Å². The van der Waals surface area contributed by atoms with Crippen molar-refractivity contribution in [2.24, 2.45) is 0 Å². The van der Waals surface area contributed by atoms with Crippen LogP contribution in [0, 0.1) is 0 Å². The Labute approximate surface area is 211 Å². The van der Waals surface area contributed by atoms with Gasteiger partial charge in [0, 0.05) is 52.4 Å². The fraction of sp³-hybridized carbons (Fsp3) is 0.231. The molecule has 3 aromatic heterocycles. The van der Waals surface area contributed by atoms with Crippen molar-refractivity contribution in [3.05, 3.63) is 77.9 Å². The highest BCUT2D eigenvalue weighted by atomic mass is 35.5. The number of hydrogen-bond donors (Lipinski definition) is 1. The van der Waals surface area contributed by atoms with E-state index in [0.717, 1.165) is 33.2 Å². The predicted octanol–water partition coefficient (Wildman–Crippen LogP) is 4.04. The van der Waals surface area contributed by atoms with Crippen molar-refractivity contribution in [2.75, 3.05) is 12.0 Å². The fourth-order valence-corrected chi connectivity index (χ4v) is 5.59. The van der Waals surface area contributed by atoms with Gasteiger partial charge in [-0.05, 0) is 42.0 Å². The molecule has 1 aliphatic heterocycles. The van der Waals surface area contributed by atoms with Gasteiger partial charge in [-0.15, -0.1) is 0 Å². The summed E-state index contributed by atoms with van der Waals surface area (Å²) in [6.45, 7) is 0.247. The summed E-state index contributed by atoms with van der Waals surface area (Å²) in [6.07, 6.45) is 10.6. The van der Waals surface area contributed by atoms with Crippen LogP contribution < -0.4 is 10.2 Å². The molecule has 10 heteroatoms. The molecule has 0 unspecified atom stereocenters. The monoisotopic (exact) mass is 500 g/mol. The number of benzene rings is 1. The van der Waals surface area contributed by atoms with Gasteiger partial charge in [-0.2, -0.15) is 0 Å². The molecule has 0 radical (unpaired) electrons. The number of fused-ring (bicyclic) bond motifs is 3. The topological polar surface area (TPSA) is 110 Å². The van der Waals surface area contributed by atoms with Crippen LogP contribution in [0.4, 0.5) is 10.5 Å². The van der Waals surface area contributed by atoms with Crippen LogP contribution in [-0.2, 0) is 21.5 Å². The van der Waals surface area contributed by atoms with Crippen LogP contribution in [0.1, 0.15) is 24.1 Å². The Bertz CT molecular complexity index is 1510. The lowest BCUT2D eigenvalue weighted by molar-refractivity contribution is -0.127. The second kappa shape index (κ2) is 8.53. The molecule has 1 fully saturated rings. The molecule has 1 spiro atoms. The first-order valence-corrected chi connectivity index (χ1v) is 11.8. The van der Waals surface area contributed by atoms with Gasteiger partial charge in [-0.1, -0.05) is 17.7 Å². The minimum Gasteiger partial charge on any atom is -0.453 e. The molecule has 1 N–H and O–H groups in total. The highest BCUT2D eigenvalue weighted by Crippen LogP contribution is 2.53. The molecular weight excluding hydrogens is 480 g/mol. The normalized spacial score (nSPS) is 20.3. The third-order valence-corrected chi connectivity index (χ3v) is 7.28. The summed E-state index contributed by atoms with van der Waals surface area (Å²) in [6, 6.07) is 7.40. The Kier molecular flexibility index (Phi) is 5.30. The summed E-state index contributed by atoms with van der Waals surface area (Å²) in [5.41, 5.74) is 3.33. The van der Waals surface area contributed by atoms with Gasteiger partial charge in [-0.25, -0.2) is 14.8 Å². The molecule has 0 saturated heterocycles. The number of nitrogens with one attached hydrogen (secondary N) is 1. The standard InChI is InChI=1S/C26H21ClN6O3/c1-36-25(35)32-18-7-26(8-18)20-4-5-28-12-22(20)33(24(26)34)13-21-23(16-9-29-14-30-10-16)19-3-2-17(27)6-15(19)11-31-21/h2-6,9-12,14,18H,7-8,13H2,1H3,(H,32,35). The average molecular weight is 501 g/mol. The molecule has 0 bridgehead atoms. The highest BCUT2D eigenvalue weighted by Gasteiger charge is 2.59. The summed E-state index contributed by atoms with van der Waals surface area (Å²) in [7, 11) is 1.33. The zero-order valence-electron chi connectivity index (χ0n) is 19.3. The maximum Gasteiger partial charge on any atom is 0.407 e. The van der Waals surface area contributed by atoms with Crippen molar-refractivity contribution < 1.29 is 14.3 Å². The van der Waals surface area contributed by atoms with Crippen molar-refractivity contribution in [3.63, 3.8) is 0 Å². The molecule has 180 valence electrons. The molecule has 0 atom stereocenters. The molecule has 1 aromatic carbocycles. The van der Waals surface area contributed by atoms with Gasteiger partial charge in [0.25, 0.3) is 0 Å². The first-order valence-electron chi connectivity index (χ1n) is 11.4. The zero-order valence-corrected chi connectivity index (χ0v) is 20.1. The van der Waals surface area contributed by atoms with E-state index in [0.29, 0.717) is 23.6 Å². The van der Waals surface area contributed by atoms with Gasteiger partial charge >= 0.3 is 6.09 Å². The Morgan fingerprint density at radius 2 is 1.97 bits per heavy atom. The van der Waals surface area contributed by atoms with Gasteiger partial charge in [0.1, 0.15) is 6.33 Å². The van der Waals surface area contributed by atoms with E-state index in [1.54, 1.807) is 35.9 Å². The number of alkyl carbamates (subject to hydrolysis) is 1. The maximum atomic E-state index is 13.9. The Morgan fingerprint density at radius 3 is 2.75 bits per heavy atom. The fourth-order valence-electron chi connectivity index (χ4n) is 5.40. The Balaban J connectivity index is 1.41. The van der Waals surface area contributed by atoms with Crippen LogP contribution in [0.3, 0.4) is 0 Å². The first kappa shape index (κ1) is 22.4. The number of hydrogen-bond acceptors (Lipinski definition) is 7. The van der Waals surface area contributed by atoms with E-state index in [4.69, 9.17) is 21.3 Å². The summed E-state index contributed by atoms with van der Waals surface area (Å²) in [5.74, 6) is -0.0262. The molecule has 1 aliphatic carbocycles. The lowest BCUT2D eigenvalue weighted by Gasteiger charge is -2.43. The van der Waals surface area contributed by atoms with Crippen molar-refractivity contribution in [2.45, 2.75) is 30.8 Å². The van der Waals surface area contributed by atoms with Gasteiger partial charge in [0.2, 0.25) is 5.91 Å². The van der Waals surface area contributed by atoms with E-state index in [9.17, 15) is 9.59 Å². The predicted molar refractivity (Wildman–Crippen MR) is 133 cm³/mol. The zero-order chi connectivity index (χ0) is 24.9. The number of methoxy groups -OCH3 is 1. The second-order valence-corrected chi connectivity index (χ2v) is 9.48. The van der Waals surface area contributed by atoms with E-state index < -0.39 is 11.5 Å². The van der Waals surface area contributed by atoms with Crippen molar-refractivity contribution >= 4 is 40.1 Å². The highest BCUT2D eigenvalue weighted by molar-refractivity contribution is 6.31. The summed E-state index contributed by atoms with van der Waals surface area (Å²) >= 11 is 6.23. The quantitative estimate of drug-likeness (QED) is 0.450. The molecule has 36 heavy (non-hydrogen) atoms. The van der Waals surface area contributed by atoms with Crippen molar-refractivity contribution in [3.8, 4) is 11.1 Å². The number of nitrogens with zero attached hydrogens (tertiary/aromatic N) is 5. The molecule has 1 saturated carbocycles. The molecular formula is C26H21ClN6O3. The number of rotatable bonds is 4. The molecule has 6 rings (SSSR count). The van der Waals surface area contributed by atoms with Crippen LogP contribution in [0.25, 0.3) is 21.9 Å². The number of carbonyl (C=O) groups excluding carboxylic acids is 2. The number of halogens is 1.